The highest BCUT2D eigenvalue weighted by atomic mass is 79.9. The first kappa shape index (κ1) is 12.3. The summed E-state index contributed by atoms with van der Waals surface area (Å²) in [5.41, 5.74) is 0. The minimum absolute atomic E-state index is 0.200. The normalized spacial score (nSPS) is 31.4. The van der Waals surface area contributed by atoms with Crippen molar-refractivity contribution in [3.05, 3.63) is 0 Å². The molecule has 0 aliphatic carbocycles. The summed E-state index contributed by atoms with van der Waals surface area (Å²) in [6.07, 6.45) is 3.81. The molecule has 4 nitrogen and oxygen atoms in total. The van der Waals surface area contributed by atoms with Crippen LogP contribution in [0.5, 0.6) is 0 Å². The third kappa shape index (κ3) is 2.57. The zero-order valence-corrected chi connectivity index (χ0v) is 11.2. The summed E-state index contributed by atoms with van der Waals surface area (Å²) >= 11 is 3.33. The largest absolute Gasteiger partial charge is 0.468 e. The molecular weight excluding hydrogens is 272 g/mol. The van der Waals surface area contributed by atoms with Crippen molar-refractivity contribution >= 4 is 21.9 Å². The Balaban J connectivity index is 1.76. The Morgan fingerprint density at radius 2 is 2.38 bits per heavy atom. The van der Waals surface area contributed by atoms with Gasteiger partial charge in [0.2, 0.25) is 0 Å². The van der Waals surface area contributed by atoms with Crippen LogP contribution in [-0.4, -0.2) is 54.5 Å². The lowest BCUT2D eigenvalue weighted by Gasteiger charge is -2.22. The van der Waals surface area contributed by atoms with Gasteiger partial charge in [-0.15, -0.1) is 0 Å². The van der Waals surface area contributed by atoms with Crippen LogP contribution in [0.25, 0.3) is 0 Å². The molecule has 2 rings (SSSR count). The molecule has 1 N–H and O–H groups in total. The summed E-state index contributed by atoms with van der Waals surface area (Å²) in [4.78, 5) is 13.6. The van der Waals surface area contributed by atoms with Crippen molar-refractivity contribution in [2.75, 3.05) is 26.7 Å². The lowest BCUT2D eigenvalue weighted by Crippen LogP contribution is -2.42. The monoisotopic (exact) mass is 290 g/mol. The van der Waals surface area contributed by atoms with E-state index in [0.717, 1.165) is 0 Å². The minimum Gasteiger partial charge on any atom is -0.468 e. The van der Waals surface area contributed by atoms with Gasteiger partial charge in [-0.1, -0.05) is 15.9 Å². The first-order valence-electron chi connectivity index (χ1n) is 5.91. The maximum absolute atomic E-state index is 11.2. The minimum atomic E-state index is -0.229. The summed E-state index contributed by atoms with van der Waals surface area (Å²) in [7, 11) is 1.42. The molecule has 2 aliphatic rings. The van der Waals surface area contributed by atoms with Crippen LogP contribution >= 0.6 is 15.9 Å². The Morgan fingerprint density at radius 1 is 1.56 bits per heavy atom. The van der Waals surface area contributed by atoms with E-state index in [1.165, 1.54) is 39.5 Å². The zero-order chi connectivity index (χ0) is 11.5. The van der Waals surface area contributed by atoms with E-state index in [0.29, 0.717) is 18.6 Å². The highest BCUT2D eigenvalue weighted by Crippen LogP contribution is 2.27. The predicted molar refractivity (Wildman–Crippen MR) is 65.7 cm³/mol. The number of halogens is 1. The summed E-state index contributed by atoms with van der Waals surface area (Å²) in [6, 6.07) is 1.24. The topological polar surface area (TPSA) is 41.6 Å². The van der Waals surface area contributed by atoms with Gasteiger partial charge in [-0.2, -0.15) is 0 Å². The van der Waals surface area contributed by atoms with Crippen molar-refractivity contribution in [2.45, 2.75) is 36.2 Å². The van der Waals surface area contributed by atoms with Crippen LogP contribution in [0.2, 0.25) is 0 Å². The Labute approximate surface area is 105 Å². The fourth-order valence-corrected chi connectivity index (χ4v) is 3.16. The Morgan fingerprint density at radius 3 is 3.12 bits per heavy atom. The molecule has 3 atom stereocenters. The highest BCUT2D eigenvalue weighted by Gasteiger charge is 2.37. The highest BCUT2D eigenvalue weighted by molar-refractivity contribution is 9.10. The molecule has 2 fully saturated rings. The second kappa shape index (κ2) is 5.47. The van der Waals surface area contributed by atoms with E-state index in [4.69, 9.17) is 0 Å². The molecule has 0 spiro atoms. The lowest BCUT2D eigenvalue weighted by atomic mass is 10.1. The van der Waals surface area contributed by atoms with E-state index in [1.807, 2.05) is 0 Å². The van der Waals surface area contributed by atoms with Gasteiger partial charge in [0.1, 0.15) is 4.83 Å². The molecule has 0 amide bonds. The van der Waals surface area contributed by atoms with Crippen molar-refractivity contribution < 1.29 is 9.53 Å². The molecule has 0 aromatic carbocycles. The van der Waals surface area contributed by atoms with Gasteiger partial charge in [-0.25, -0.2) is 0 Å². The SMILES string of the molecule is COC(=O)C(Br)CNC1CCN2CCCC12. The Bertz CT molecular complexity index is 262. The quantitative estimate of drug-likeness (QED) is 0.613. The molecule has 3 unspecified atom stereocenters. The Hall–Kier alpha value is -0.130. The van der Waals surface area contributed by atoms with E-state index in [-0.39, 0.29) is 10.8 Å². The molecule has 0 aromatic rings. The fourth-order valence-electron chi connectivity index (χ4n) is 2.79. The van der Waals surface area contributed by atoms with Crippen LogP contribution in [0.4, 0.5) is 0 Å². The van der Waals surface area contributed by atoms with E-state index in [1.54, 1.807) is 0 Å². The van der Waals surface area contributed by atoms with E-state index >= 15 is 0 Å². The number of methoxy groups -OCH3 is 1. The van der Waals surface area contributed by atoms with Gasteiger partial charge in [-0.3, -0.25) is 9.69 Å². The zero-order valence-electron chi connectivity index (χ0n) is 9.62. The number of rotatable bonds is 4. The number of esters is 1. The third-order valence-electron chi connectivity index (χ3n) is 3.62. The van der Waals surface area contributed by atoms with Gasteiger partial charge in [0.25, 0.3) is 0 Å². The van der Waals surface area contributed by atoms with Gasteiger partial charge in [0.05, 0.1) is 7.11 Å². The fraction of sp³-hybridized carbons (Fsp3) is 0.909. The molecule has 0 bridgehead atoms. The predicted octanol–water partition coefficient (Wildman–Crippen LogP) is 0.749. The molecule has 0 radical (unpaired) electrons. The number of carbonyl (C=O) groups is 1. The second-order valence-electron chi connectivity index (χ2n) is 4.54. The molecule has 16 heavy (non-hydrogen) atoms. The van der Waals surface area contributed by atoms with Crippen LogP contribution in [0.3, 0.4) is 0 Å². The van der Waals surface area contributed by atoms with E-state index in [9.17, 15) is 4.79 Å². The molecule has 0 aromatic heterocycles. The van der Waals surface area contributed by atoms with Gasteiger partial charge in [-0.05, 0) is 25.8 Å². The first-order valence-corrected chi connectivity index (χ1v) is 6.83. The molecule has 0 saturated carbocycles. The molecule has 2 heterocycles. The van der Waals surface area contributed by atoms with Crippen LogP contribution in [0, 0.1) is 0 Å². The van der Waals surface area contributed by atoms with E-state index < -0.39 is 0 Å². The van der Waals surface area contributed by atoms with Crippen molar-refractivity contribution in [3.63, 3.8) is 0 Å². The van der Waals surface area contributed by atoms with Crippen molar-refractivity contribution in [1.29, 1.82) is 0 Å². The van der Waals surface area contributed by atoms with Gasteiger partial charge < -0.3 is 10.1 Å². The summed E-state index contributed by atoms with van der Waals surface area (Å²) in [5.74, 6) is -0.200. The molecular formula is C11H19BrN2O2. The Kier molecular flexibility index (Phi) is 4.21. The molecule has 2 saturated heterocycles. The third-order valence-corrected chi connectivity index (χ3v) is 4.32. The van der Waals surface area contributed by atoms with Gasteiger partial charge in [0, 0.05) is 25.2 Å². The number of alkyl halides is 1. The summed E-state index contributed by atoms with van der Waals surface area (Å²) < 4.78 is 4.68. The lowest BCUT2D eigenvalue weighted by molar-refractivity contribution is -0.139. The maximum Gasteiger partial charge on any atom is 0.320 e. The number of hydrogen-bond acceptors (Lipinski definition) is 4. The second-order valence-corrected chi connectivity index (χ2v) is 5.64. The van der Waals surface area contributed by atoms with Crippen molar-refractivity contribution in [1.82, 2.24) is 10.2 Å². The number of carbonyl (C=O) groups excluding carboxylic acids is 1. The summed E-state index contributed by atoms with van der Waals surface area (Å²) in [6.45, 7) is 3.10. The number of hydrogen-bond donors (Lipinski definition) is 1. The molecule has 2 aliphatic heterocycles. The van der Waals surface area contributed by atoms with Crippen LogP contribution in [-0.2, 0) is 9.53 Å². The summed E-state index contributed by atoms with van der Waals surface area (Å²) in [5, 5.41) is 3.48. The number of ether oxygens (including phenoxy) is 1. The van der Waals surface area contributed by atoms with Crippen molar-refractivity contribution in [3.8, 4) is 0 Å². The van der Waals surface area contributed by atoms with Crippen LogP contribution in [0.1, 0.15) is 19.3 Å². The number of nitrogens with zero attached hydrogens (tertiary/aromatic N) is 1. The van der Waals surface area contributed by atoms with Crippen LogP contribution in [0.15, 0.2) is 0 Å². The van der Waals surface area contributed by atoms with E-state index in [2.05, 4.69) is 30.9 Å². The number of nitrogens with one attached hydrogen (secondary N) is 1. The smallest absolute Gasteiger partial charge is 0.320 e. The first-order chi connectivity index (χ1) is 7.72. The molecule has 5 heteroatoms. The van der Waals surface area contributed by atoms with Crippen molar-refractivity contribution in [2.24, 2.45) is 0 Å². The average Bonchev–Trinajstić information content (AvgIpc) is 2.87. The number of fused-ring (bicyclic) bond motifs is 1. The average molecular weight is 291 g/mol. The maximum atomic E-state index is 11.2. The standard InChI is InChI=1S/C11H19BrN2O2/c1-16-11(15)8(12)7-13-9-4-6-14-5-2-3-10(9)14/h8-10,13H,2-7H2,1H3. The van der Waals surface area contributed by atoms with Gasteiger partial charge in [0.15, 0.2) is 0 Å². The van der Waals surface area contributed by atoms with Crippen LogP contribution < -0.4 is 5.32 Å². The van der Waals surface area contributed by atoms with Gasteiger partial charge >= 0.3 is 5.97 Å². The molecule has 92 valence electrons.